The zero-order valence-corrected chi connectivity index (χ0v) is 20.2. The molecule has 1 saturated heterocycles. The van der Waals surface area contributed by atoms with Crippen LogP contribution in [0.3, 0.4) is 0 Å². The van der Waals surface area contributed by atoms with Crippen molar-refractivity contribution >= 4 is 68.6 Å². The summed E-state index contributed by atoms with van der Waals surface area (Å²) in [7, 11) is 0. The second-order valence-electron chi connectivity index (χ2n) is 6.26. The van der Waals surface area contributed by atoms with Crippen LogP contribution in [-0.2, 0) is 11.0 Å². The third kappa shape index (κ3) is 5.35. The predicted molar refractivity (Wildman–Crippen MR) is 129 cm³/mol. The average molecular weight is 579 g/mol. The molecule has 0 saturated carbocycles. The van der Waals surface area contributed by atoms with Crippen molar-refractivity contribution in [3.05, 3.63) is 56.0 Å². The Balaban J connectivity index is 1.96. The Hall–Kier alpha value is -1.79. The Labute approximate surface area is 200 Å². The predicted octanol–water partition coefficient (Wildman–Crippen LogP) is 6.51. The van der Waals surface area contributed by atoms with E-state index in [-0.39, 0.29) is 10.0 Å². The zero-order chi connectivity index (χ0) is 22.8. The Kier molecular flexibility index (Phi) is 7.53. The normalized spacial score (nSPS) is 15.7. The van der Waals surface area contributed by atoms with Gasteiger partial charge in [0.2, 0.25) is 0 Å². The Morgan fingerprint density at radius 1 is 1.16 bits per heavy atom. The first kappa shape index (κ1) is 23.9. The van der Waals surface area contributed by atoms with E-state index in [1.165, 1.54) is 12.1 Å². The van der Waals surface area contributed by atoms with Gasteiger partial charge in [0, 0.05) is 0 Å². The first-order valence-electron chi connectivity index (χ1n) is 9.20. The number of thioether (sulfide) groups is 1. The lowest BCUT2D eigenvalue weighted by molar-refractivity contribution is -0.137. The highest BCUT2D eigenvalue weighted by Crippen LogP contribution is 2.40. The van der Waals surface area contributed by atoms with E-state index in [2.05, 4.69) is 22.6 Å². The van der Waals surface area contributed by atoms with Gasteiger partial charge in [-0.1, -0.05) is 30.0 Å². The SMILES string of the molecule is CCOc1cc(/C=C2\SC(=S)N(c3cccc(C(F)(F)F)c3)C2=O)cc(I)c1OCC. The minimum absolute atomic E-state index is 0.0806. The van der Waals surface area contributed by atoms with Gasteiger partial charge in [0.25, 0.3) is 5.91 Å². The van der Waals surface area contributed by atoms with Crippen LogP contribution in [0.1, 0.15) is 25.0 Å². The molecule has 1 fully saturated rings. The molecule has 0 N–H and O–H groups in total. The van der Waals surface area contributed by atoms with Crippen LogP contribution < -0.4 is 14.4 Å². The van der Waals surface area contributed by atoms with Crippen LogP contribution in [0.2, 0.25) is 0 Å². The second-order valence-corrected chi connectivity index (χ2v) is 9.10. The summed E-state index contributed by atoms with van der Waals surface area (Å²) in [4.78, 5) is 14.4. The molecule has 0 atom stereocenters. The van der Waals surface area contributed by atoms with Gasteiger partial charge >= 0.3 is 6.18 Å². The van der Waals surface area contributed by atoms with Crippen molar-refractivity contribution in [1.82, 2.24) is 0 Å². The molecular weight excluding hydrogens is 562 g/mol. The van der Waals surface area contributed by atoms with Gasteiger partial charge in [-0.2, -0.15) is 13.2 Å². The van der Waals surface area contributed by atoms with Crippen LogP contribution in [0.25, 0.3) is 6.08 Å². The molecule has 3 rings (SSSR count). The topological polar surface area (TPSA) is 38.8 Å². The number of amides is 1. The number of benzene rings is 2. The van der Waals surface area contributed by atoms with Gasteiger partial charge < -0.3 is 9.47 Å². The number of halogens is 4. The lowest BCUT2D eigenvalue weighted by Crippen LogP contribution is -2.27. The molecular formula is C21H17F3INO3S2. The van der Waals surface area contributed by atoms with Crippen molar-refractivity contribution in [1.29, 1.82) is 0 Å². The first-order chi connectivity index (χ1) is 14.7. The molecule has 164 valence electrons. The molecule has 0 aliphatic carbocycles. The fourth-order valence-electron chi connectivity index (χ4n) is 2.88. The van der Waals surface area contributed by atoms with Crippen molar-refractivity contribution in [3.63, 3.8) is 0 Å². The van der Waals surface area contributed by atoms with Gasteiger partial charge in [0.1, 0.15) is 0 Å². The number of hydrogen-bond donors (Lipinski definition) is 0. The average Bonchev–Trinajstić information content (AvgIpc) is 2.97. The van der Waals surface area contributed by atoms with E-state index in [0.29, 0.717) is 35.2 Å². The second kappa shape index (κ2) is 9.78. The smallest absolute Gasteiger partial charge is 0.416 e. The number of rotatable bonds is 6. The van der Waals surface area contributed by atoms with Gasteiger partial charge in [-0.15, -0.1) is 0 Å². The number of ether oxygens (including phenoxy) is 2. The number of thiocarbonyl (C=S) groups is 1. The van der Waals surface area contributed by atoms with Crippen LogP contribution in [0.4, 0.5) is 18.9 Å². The molecule has 31 heavy (non-hydrogen) atoms. The van der Waals surface area contributed by atoms with Crippen molar-refractivity contribution in [3.8, 4) is 11.5 Å². The minimum Gasteiger partial charge on any atom is -0.490 e. The van der Waals surface area contributed by atoms with Crippen molar-refractivity contribution < 1.29 is 27.4 Å². The lowest BCUT2D eigenvalue weighted by Gasteiger charge is -2.16. The standard InChI is InChI=1S/C21H17F3INO3S2/c1-3-28-16-9-12(8-15(25)18(16)29-4-2)10-17-19(27)26(20(30)31-17)14-7-5-6-13(11-14)21(22,23)24/h5-11H,3-4H2,1-2H3/b17-10-. The maximum absolute atomic E-state index is 13.1. The van der Waals surface area contributed by atoms with Gasteiger partial charge in [0.15, 0.2) is 15.8 Å². The Morgan fingerprint density at radius 2 is 1.87 bits per heavy atom. The summed E-state index contributed by atoms with van der Waals surface area (Å²) in [6.07, 6.45) is -2.87. The number of nitrogens with zero attached hydrogens (tertiary/aromatic N) is 1. The highest BCUT2D eigenvalue weighted by Gasteiger charge is 2.36. The van der Waals surface area contributed by atoms with E-state index in [1.54, 1.807) is 12.1 Å². The molecule has 2 aromatic carbocycles. The number of carbonyl (C=O) groups is 1. The number of anilines is 1. The molecule has 1 aliphatic rings. The minimum atomic E-state index is -4.51. The summed E-state index contributed by atoms with van der Waals surface area (Å²) in [6.45, 7) is 4.65. The van der Waals surface area contributed by atoms with E-state index in [1.807, 2.05) is 19.9 Å². The molecule has 1 aliphatic heterocycles. The fourth-order valence-corrected chi connectivity index (χ4v) is 4.96. The largest absolute Gasteiger partial charge is 0.490 e. The van der Waals surface area contributed by atoms with Crippen LogP contribution in [0.5, 0.6) is 11.5 Å². The van der Waals surface area contributed by atoms with Gasteiger partial charge in [-0.05, 0) is 78.4 Å². The lowest BCUT2D eigenvalue weighted by atomic mass is 10.1. The summed E-state index contributed by atoms with van der Waals surface area (Å²) < 4.78 is 51.5. The van der Waals surface area contributed by atoms with Crippen molar-refractivity contribution in [2.24, 2.45) is 0 Å². The highest BCUT2D eigenvalue weighted by atomic mass is 127. The number of alkyl halides is 3. The van der Waals surface area contributed by atoms with E-state index >= 15 is 0 Å². The van der Waals surface area contributed by atoms with Gasteiger partial charge in [-0.25, -0.2) is 0 Å². The molecule has 2 aromatic rings. The molecule has 0 unspecified atom stereocenters. The zero-order valence-electron chi connectivity index (χ0n) is 16.5. The molecule has 10 heteroatoms. The maximum atomic E-state index is 13.1. The molecule has 0 radical (unpaired) electrons. The molecule has 1 heterocycles. The van der Waals surface area contributed by atoms with Gasteiger partial charge in [0.05, 0.1) is 32.9 Å². The third-order valence-electron chi connectivity index (χ3n) is 4.14. The molecule has 1 amide bonds. The van der Waals surface area contributed by atoms with Crippen molar-refractivity contribution in [2.75, 3.05) is 18.1 Å². The maximum Gasteiger partial charge on any atom is 0.416 e. The summed E-state index contributed by atoms with van der Waals surface area (Å²) in [5, 5.41) is 0. The van der Waals surface area contributed by atoms with Crippen LogP contribution >= 0.6 is 46.6 Å². The summed E-state index contributed by atoms with van der Waals surface area (Å²) in [5.74, 6) is 0.700. The Morgan fingerprint density at radius 3 is 2.52 bits per heavy atom. The summed E-state index contributed by atoms with van der Waals surface area (Å²) in [5.41, 5.74) is -0.0664. The highest BCUT2D eigenvalue weighted by molar-refractivity contribution is 14.1. The number of carbonyl (C=O) groups excluding carboxylic acids is 1. The molecule has 4 nitrogen and oxygen atoms in total. The first-order valence-corrected chi connectivity index (χ1v) is 11.5. The summed E-state index contributed by atoms with van der Waals surface area (Å²) in [6, 6.07) is 8.15. The quantitative estimate of drug-likeness (QED) is 0.222. The van der Waals surface area contributed by atoms with Crippen LogP contribution in [0, 0.1) is 3.57 Å². The van der Waals surface area contributed by atoms with E-state index in [4.69, 9.17) is 21.7 Å². The molecule has 0 spiro atoms. The van der Waals surface area contributed by atoms with Crippen LogP contribution in [0.15, 0.2) is 41.3 Å². The van der Waals surface area contributed by atoms with Crippen LogP contribution in [-0.4, -0.2) is 23.4 Å². The number of hydrogen-bond acceptors (Lipinski definition) is 5. The summed E-state index contributed by atoms with van der Waals surface area (Å²) >= 11 is 8.44. The van der Waals surface area contributed by atoms with E-state index in [9.17, 15) is 18.0 Å². The van der Waals surface area contributed by atoms with Crippen molar-refractivity contribution in [2.45, 2.75) is 20.0 Å². The third-order valence-corrected chi connectivity index (χ3v) is 6.25. The van der Waals surface area contributed by atoms with E-state index < -0.39 is 17.6 Å². The Bertz CT molecular complexity index is 1060. The monoisotopic (exact) mass is 579 g/mol. The van der Waals surface area contributed by atoms with Gasteiger partial charge in [-0.3, -0.25) is 9.69 Å². The molecule has 0 aromatic heterocycles. The fraction of sp³-hybridized carbons (Fsp3) is 0.238. The van der Waals surface area contributed by atoms with E-state index in [0.717, 1.165) is 32.4 Å². The molecule has 0 bridgehead atoms.